The van der Waals surface area contributed by atoms with E-state index in [1.807, 2.05) is 6.92 Å². The molecule has 1 aromatic carbocycles. The molecule has 0 saturated carbocycles. The van der Waals surface area contributed by atoms with Crippen LogP contribution in [0, 0.1) is 12.7 Å². The quantitative estimate of drug-likeness (QED) is 0.752. The Bertz CT molecular complexity index is 837. The molecule has 0 aliphatic rings. The molecular formula is C21H27FN4O2. The number of halogens is 1. The lowest BCUT2D eigenvalue weighted by molar-refractivity contribution is 0.0786. The van der Waals surface area contributed by atoms with Crippen molar-refractivity contribution in [1.82, 2.24) is 20.4 Å². The lowest BCUT2D eigenvalue weighted by atomic mass is 10.0. The molecule has 2 rings (SSSR count). The van der Waals surface area contributed by atoms with Gasteiger partial charge in [0, 0.05) is 31.3 Å². The number of unbranched alkanes of at least 4 members (excludes halogenated alkanes) is 1. The molecule has 2 amide bonds. The Morgan fingerprint density at radius 2 is 1.89 bits per heavy atom. The Morgan fingerprint density at radius 3 is 2.50 bits per heavy atom. The first-order valence-electron chi connectivity index (χ1n) is 9.56. The van der Waals surface area contributed by atoms with Gasteiger partial charge in [0.1, 0.15) is 5.82 Å². The molecule has 0 fully saturated rings. The molecule has 0 unspecified atom stereocenters. The zero-order valence-corrected chi connectivity index (χ0v) is 16.9. The summed E-state index contributed by atoms with van der Waals surface area (Å²) in [6, 6.07) is 6.03. The largest absolute Gasteiger partial charge is 0.352 e. The maximum Gasteiger partial charge on any atom is 0.274 e. The van der Waals surface area contributed by atoms with E-state index in [0.717, 1.165) is 19.3 Å². The minimum atomic E-state index is -0.486. The van der Waals surface area contributed by atoms with Gasteiger partial charge in [-0.05, 0) is 49.6 Å². The normalized spacial score (nSPS) is 10.6. The zero-order chi connectivity index (χ0) is 20.7. The molecule has 0 atom stereocenters. The highest BCUT2D eigenvalue weighted by Crippen LogP contribution is 2.25. The predicted octanol–water partition coefficient (Wildman–Crippen LogP) is 3.60. The number of hydrogen-bond donors (Lipinski definition) is 1. The molecule has 1 aromatic heterocycles. The van der Waals surface area contributed by atoms with Gasteiger partial charge in [0.25, 0.3) is 11.8 Å². The number of nitrogens with zero attached hydrogens (tertiary/aromatic N) is 3. The topological polar surface area (TPSA) is 75.2 Å². The van der Waals surface area contributed by atoms with E-state index in [-0.39, 0.29) is 23.1 Å². The Labute approximate surface area is 165 Å². The van der Waals surface area contributed by atoms with Gasteiger partial charge in [-0.1, -0.05) is 20.3 Å². The highest BCUT2D eigenvalue weighted by atomic mass is 19.1. The summed E-state index contributed by atoms with van der Waals surface area (Å²) < 4.78 is 14.4. The van der Waals surface area contributed by atoms with Crippen LogP contribution in [0.5, 0.6) is 0 Å². The molecule has 1 N–H and O–H groups in total. The van der Waals surface area contributed by atoms with Crippen molar-refractivity contribution in [3.8, 4) is 11.3 Å². The molecule has 0 aliphatic carbocycles. The van der Waals surface area contributed by atoms with Gasteiger partial charge in [-0.25, -0.2) is 4.39 Å². The molecule has 0 spiro atoms. The number of carbonyl (C=O) groups excluding carboxylic acids is 2. The number of carbonyl (C=O) groups is 2. The molecular weight excluding hydrogens is 359 g/mol. The van der Waals surface area contributed by atoms with Gasteiger partial charge in [0.2, 0.25) is 0 Å². The minimum absolute atomic E-state index is 0.205. The highest BCUT2D eigenvalue weighted by molar-refractivity contribution is 5.96. The average molecular weight is 386 g/mol. The number of amides is 2. The molecule has 2 aromatic rings. The van der Waals surface area contributed by atoms with Gasteiger partial charge in [-0.15, -0.1) is 10.2 Å². The summed E-state index contributed by atoms with van der Waals surface area (Å²) in [7, 11) is 1.73. The SMILES string of the molecule is CCCCN(C)C(=O)c1ccc(-c2cc(C(=O)NCCC)cc(F)c2C)nn1. The van der Waals surface area contributed by atoms with Crippen LogP contribution < -0.4 is 5.32 Å². The van der Waals surface area contributed by atoms with Crippen LogP contribution in [-0.4, -0.2) is 47.0 Å². The second-order valence-corrected chi connectivity index (χ2v) is 6.77. The molecule has 0 bridgehead atoms. The van der Waals surface area contributed by atoms with Crippen molar-refractivity contribution in [3.05, 3.63) is 46.9 Å². The van der Waals surface area contributed by atoms with Crippen LogP contribution in [0.2, 0.25) is 0 Å². The van der Waals surface area contributed by atoms with Gasteiger partial charge < -0.3 is 10.2 Å². The van der Waals surface area contributed by atoms with E-state index in [0.29, 0.717) is 29.9 Å². The molecule has 150 valence electrons. The van der Waals surface area contributed by atoms with Crippen molar-refractivity contribution < 1.29 is 14.0 Å². The van der Waals surface area contributed by atoms with E-state index in [1.54, 1.807) is 37.1 Å². The summed E-state index contributed by atoms with van der Waals surface area (Å²) in [6.07, 6.45) is 2.70. The Kier molecular flexibility index (Phi) is 7.61. The van der Waals surface area contributed by atoms with Crippen LogP contribution in [0.15, 0.2) is 24.3 Å². The van der Waals surface area contributed by atoms with E-state index in [4.69, 9.17) is 0 Å². The number of benzene rings is 1. The third kappa shape index (κ3) is 5.12. The summed E-state index contributed by atoms with van der Waals surface area (Å²) >= 11 is 0. The molecule has 0 radical (unpaired) electrons. The third-order valence-corrected chi connectivity index (χ3v) is 4.50. The number of rotatable bonds is 8. The smallest absolute Gasteiger partial charge is 0.274 e. The molecule has 1 heterocycles. The molecule has 0 aliphatic heterocycles. The van der Waals surface area contributed by atoms with Crippen LogP contribution in [0.4, 0.5) is 4.39 Å². The van der Waals surface area contributed by atoms with Crippen LogP contribution in [-0.2, 0) is 0 Å². The van der Waals surface area contributed by atoms with Gasteiger partial charge in [0.15, 0.2) is 5.69 Å². The number of aromatic nitrogens is 2. The fraction of sp³-hybridized carbons (Fsp3) is 0.429. The van der Waals surface area contributed by atoms with E-state index in [1.165, 1.54) is 6.07 Å². The van der Waals surface area contributed by atoms with Crippen LogP contribution >= 0.6 is 0 Å². The average Bonchev–Trinajstić information content (AvgIpc) is 2.71. The van der Waals surface area contributed by atoms with Crippen molar-refractivity contribution in [3.63, 3.8) is 0 Å². The van der Waals surface area contributed by atoms with Gasteiger partial charge in [0.05, 0.1) is 5.69 Å². The van der Waals surface area contributed by atoms with Crippen LogP contribution in [0.1, 0.15) is 59.5 Å². The van der Waals surface area contributed by atoms with Crippen LogP contribution in [0.3, 0.4) is 0 Å². The zero-order valence-electron chi connectivity index (χ0n) is 16.9. The first kappa shape index (κ1) is 21.5. The fourth-order valence-electron chi connectivity index (χ4n) is 2.70. The van der Waals surface area contributed by atoms with Crippen LogP contribution in [0.25, 0.3) is 11.3 Å². The second kappa shape index (κ2) is 9.92. The summed E-state index contributed by atoms with van der Waals surface area (Å²) in [5.41, 5.74) is 1.73. The predicted molar refractivity (Wildman–Crippen MR) is 107 cm³/mol. The first-order valence-corrected chi connectivity index (χ1v) is 9.56. The van der Waals surface area contributed by atoms with Gasteiger partial charge in [-0.2, -0.15) is 0 Å². The molecule has 7 heteroatoms. The lowest BCUT2D eigenvalue weighted by Crippen LogP contribution is -2.28. The van der Waals surface area contributed by atoms with Crippen molar-refractivity contribution in [2.45, 2.75) is 40.0 Å². The Balaban J connectivity index is 2.28. The first-order chi connectivity index (χ1) is 13.4. The van der Waals surface area contributed by atoms with E-state index >= 15 is 0 Å². The van der Waals surface area contributed by atoms with E-state index in [9.17, 15) is 14.0 Å². The number of hydrogen-bond acceptors (Lipinski definition) is 4. The number of nitrogens with one attached hydrogen (secondary N) is 1. The van der Waals surface area contributed by atoms with Gasteiger partial charge >= 0.3 is 0 Å². The molecule has 28 heavy (non-hydrogen) atoms. The standard InChI is InChI=1S/C21H27FN4O2/c1-5-7-11-26(4)21(28)19-9-8-18(24-25-19)16-12-15(13-17(22)14(16)3)20(27)23-10-6-2/h8-9,12-13H,5-7,10-11H2,1-4H3,(H,23,27). The fourth-order valence-corrected chi connectivity index (χ4v) is 2.70. The van der Waals surface area contributed by atoms with E-state index in [2.05, 4.69) is 22.4 Å². The maximum absolute atomic E-state index is 14.4. The monoisotopic (exact) mass is 386 g/mol. The molecule has 0 saturated heterocycles. The third-order valence-electron chi connectivity index (χ3n) is 4.50. The molecule has 6 nitrogen and oxygen atoms in total. The maximum atomic E-state index is 14.4. The van der Waals surface area contributed by atoms with E-state index < -0.39 is 5.82 Å². The second-order valence-electron chi connectivity index (χ2n) is 6.77. The van der Waals surface area contributed by atoms with Crippen molar-refractivity contribution in [2.75, 3.05) is 20.1 Å². The van der Waals surface area contributed by atoms with Crippen molar-refractivity contribution >= 4 is 11.8 Å². The van der Waals surface area contributed by atoms with Gasteiger partial charge in [-0.3, -0.25) is 9.59 Å². The van der Waals surface area contributed by atoms with Crippen molar-refractivity contribution in [1.29, 1.82) is 0 Å². The minimum Gasteiger partial charge on any atom is -0.352 e. The Morgan fingerprint density at radius 1 is 1.14 bits per heavy atom. The summed E-state index contributed by atoms with van der Waals surface area (Å²) in [5, 5.41) is 10.9. The lowest BCUT2D eigenvalue weighted by Gasteiger charge is -2.16. The Hall–Kier alpha value is -2.83. The summed E-state index contributed by atoms with van der Waals surface area (Å²) in [5.74, 6) is -1.03. The van der Waals surface area contributed by atoms with Crippen molar-refractivity contribution in [2.24, 2.45) is 0 Å². The summed E-state index contributed by atoms with van der Waals surface area (Å²) in [6.45, 7) is 6.80. The highest BCUT2D eigenvalue weighted by Gasteiger charge is 2.17. The summed E-state index contributed by atoms with van der Waals surface area (Å²) in [4.78, 5) is 26.2.